The smallest absolute Gasteiger partial charge is 0.167 e. The van der Waals surface area contributed by atoms with Crippen molar-refractivity contribution in [1.29, 1.82) is 0 Å². The molecule has 9 heteroatoms. The maximum atomic E-state index is 4.55. The summed E-state index contributed by atoms with van der Waals surface area (Å²) in [5, 5.41) is 0. The molecule has 0 amide bonds. The fourth-order valence-electron chi connectivity index (χ4n) is 2.29. The van der Waals surface area contributed by atoms with Crippen LogP contribution in [-0.2, 0) is 0 Å². The number of rotatable bonds is 3. The molecule has 0 fully saturated rings. The summed E-state index contributed by atoms with van der Waals surface area (Å²) in [6, 6.07) is 0. The zero-order valence-corrected chi connectivity index (χ0v) is 15.0. The van der Waals surface area contributed by atoms with E-state index in [0.29, 0.717) is 51.6 Å². The van der Waals surface area contributed by atoms with E-state index >= 15 is 0 Å². The molecule has 0 aliphatic heterocycles. The van der Waals surface area contributed by atoms with E-state index in [9.17, 15) is 0 Å². The highest BCUT2D eigenvalue weighted by atomic mass is 15.0. The van der Waals surface area contributed by atoms with Gasteiger partial charge in [-0.05, 0) is 20.8 Å². The minimum atomic E-state index is 0.455. The van der Waals surface area contributed by atoms with Gasteiger partial charge in [-0.2, -0.15) is 0 Å². The first kappa shape index (κ1) is 16.7. The molecule has 0 bridgehead atoms. The van der Waals surface area contributed by atoms with E-state index in [-0.39, 0.29) is 0 Å². The van der Waals surface area contributed by atoms with Crippen LogP contribution in [0, 0.1) is 20.8 Å². The van der Waals surface area contributed by atoms with Crippen LogP contribution in [0.15, 0.2) is 37.2 Å². The van der Waals surface area contributed by atoms with Crippen molar-refractivity contribution in [3.8, 4) is 34.2 Å². The normalized spacial score (nSPS) is 10.8. The Morgan fingerprint density at radius 3 is 0.852 bits per heavy atom. The molecular formula is C18H15N9. The molecule has 4 heterocycles. The van der Waals surface area contributed by atoms with E-state index in [0.717, 1.165) is 0 Å². The van der Waals surface area contributed by atoms with Gasteiger partial charge in [0.05, 0.1) is 16.7 Å². The molecule has 0 aromatic carbocycles. The van der Waals surface area contributed by atoms with Gasteiger partial charge in [0.15, 0.2) is 17.5 Å². The molecular weight excluding hydrogens is 342 g/mol. The average Bonchev–Trinajstić information content (AvgIpc) is 2.69. The van der Waals surface area contributed by atoms with E-state index < -0.39 is 0 Å². The van der Waals surface area contributed by atoms with Crippen LogP contribution in [0.25, 0.3) is 34.2 Å². The van der Waals surface area contributed by atoms with Crippen molar-refractivity contribution in [2.45, 2.75) is 20.8 Å². The Hall–Kier alpha value is -3.75. The quantitative estimate of drug-likeness (QED) is 0.543. The van der Waals surface area contributed by atoms with Gasteiger partial charge in [0.25, 0.3) is 0 Å². The molecule has 0 saturated heterocycles. The van der Waals surface area contributed by atoms with Gasteiger partial charge >= 0.3 is 0 Å². The van der Waals surface area contributed by atoms with Gasteiger partial charge in [-0.3, -0.25) is 0 Å². The van der Waals surface area contributed by atoms with Gasteiger partial charge in [-0.1, -0.05) is 0 Å². The average molecular weight is 357 g/mol. The lowest BCUT2D eigenvalue weighted by Crippen LogP contribution is -2.02. The molecule has 0 atom stereocenters. The van der Waals surface area contributed by atoms with Crippen molar-refractivity contribution in [1.82, 2.24) is 44.9 Å². The second kappa shape index (κ2) is 6.87. The predicted octanol–water partition coefficient (Wildman–Crippen LogP) is 2.17. The SMILES string of the molecule is Cc1ncc(-c2nc(-c3cnc(C)nc3)nc(-c3cnc(C)nc3)n2)cn1. The summed E-state index contributed by atoms with van der Waals surface area (Å²) < 4.78 is 0. The second-order valence-electron chi connectivity index (χ2n) is 5.86. The van der Waals surface area contributed by atoms with Crippen molar-refractivity contribution in [2.24, 2.45) is 0 Å². The molecule has 0 saturated carbocycles. The number of hydrogen-bond donors (Lipinski definition) is 0. The van der Waals surface area contributed by atoms with Crippen molar-refractivity contribution in [2.75, 3.05) is 0 Å². The topological polar surface area (TPSA) is 116 Å². The molecule has 0 aliphatic carbocycles. The maximum Gasteiger partial charge on any atom is 0.167 e. The van der Waals surface area contributed by atoms with E-state index in [2.05, 4.69) is 44.9 Å². The summed E-state index contributed by atoms with van der Waals surface area (Å²) in [6.07, 6.45) is 10.1. The molecule has 4 aromatic rings. The van der Waals surface area contributed by atoms with E-state index in [1.807, 2.05) is 20.8 Å². The highest BCUT2D eigenvalue weighted by molar-refractivity contribution is 5.64. The van der Waals surface area contributed by atoms with Crippen molar-refractivity contribution < 1.29 is 0 Å². The van der Waals surface area contributed by atoms with Crippen molar-refractivity contribution in [3.05, 3.63) is 54.7 Å². The lowest BCUT2D eigenvalue weighted by molar-refractivity contribution is 1.00. The Kier molecular flexibility index (Phi) is 4.25. The summed E-state index contributed by atoms with van der Waals surface area (Å²) in [6.45, 7) is 5.46. The van der Waals surface area contributed by atoms with Crippen molar-refractivity contribution in [3.63, 3.8) is 0 Å². The molecule has 132 valence electrons. The first-order chi connectivity index (χ1) is 13.1. The van der Waals surface area contributed by atoms with Crippen LogP contribution >= 0.6 is 0 Å². The molecule has 9 nitrogen and oxygen atoms in total. The van der Waals surface area contributed by atoms with Crippen LogP contribution in [0.5, 0.6) is 0 Å². The van der Waals surface area contributed by atoms with Gasteiger partial charge in [-0.25, -0.2) is 44.9 Å². The molecule has 0 aliphatic rings. The summed E-state index contributed by atoms with van der Waals surface area (Å²) in [5.41, 5.74) is 2.06. The third-order valence-corrected chi connectivity index (χ3v) is 3.75. The predicted molar refractivity (Wildman–Crippen MR) is 97.1 cm³/mol. The van der Waals surface area contributed by atoms with E-state index in [4.69, 9.17) is 0 Å². The van der Waals surface area contributed by atoms with Crippen LogP contribution in [-0.4, -0.2) is 44.9 Å². The summed E-state index contributed by atoms with van der Waals surface area (Å²) in [7, 11) is 0. The Bertz CT molecular complexity index is 921. The highest BCUT2D eigenvalue weighted by Gasteiger charge is 2.13. The Morgan fingerprint density at radius 2 is 0.630 bits per heavy atom. The molecule has 4 rings (SSSR count). The Morgan fingerprint density at radius 1 is 0.407 bits per heavy atom. The highest BCUT2D eigenvalue weighted by Crippen LogP contribution is 2.22. The minimum absolute atomic E-state index is 0.455. The summed E-state index contributed by atoms with van der Waals surface area (Å²) in [4.78, 5) is 39.0. The zero-order chi connectivity index (χ0) is 18.8. The first-order valence-corrected chi connectivity index (χ1v) is 8.21. The molecule has 0 spiro atoms. The van der Waals surface area contributed by atoms with Crippen LogP contribution < -0.4 is 0 Å². The lowest BCUT2D eigenvalue weighted by Gasteiger charge is -2.07. The molecule has 0 radical (unpaired) electrons. The third-order valence-electron chi connectivity index (χ3n) is 3.75. The van der Waals surface area contributed by atoms with Gasteiger partial charge in [0.2, 0.25) is 0 Å². The number of aryl methyl sites for hydroxylation is 3. The molecule has 27 heavy (non-hydrogen) atoms. The van der Waals surface area contributed by atoms with E-state index in [1.165, 1.54) is 0 Å². The number of hydrogen-bond acceptors (Lipinski definition) is 9. The largest absolute Gasteiger partial charge is 0.241 e. The summed E-state index contributed by atoms with van der Waals surface area (Å²) in [5.74, 6) is 3.38. The van der Waals surface area contributed by atoms with Gasteiger partial charge in [0, 0.05) is 37.2 Å². The first-order valence-electron chi connectivity index (χ1n) is 8.21. The fraction of sp³-hybridized carbons (Fsp3) is 0.167. The zero-order valence-electron chi connectivity index (χ0n) is 15.0. The third kappa shape index (κ3) is 3.61. The van der Waals surface area contributed by atoms with Crippen LogP contribution in [0.1, 0.15) is 17.5 Å². The number of aromatic nitrogens is 9. The molecule has 4 aromatic heterocycles. The van der Waals surface area contributed by atoms with Gasteiger partial charge in [0.1, 0.15) is 17.5 Å². The fourth-order valence-corrected chi connectivity index (χ4v) is 2.29. The van der Waals surface area contributed by atoms with Crippen molar-refractivity contribution >= 4 is 0 Å². The van der Waals surface area contributed by atoms with Crippen LogP contribution in [0.2, 0.25) is 0 Å². The maximum absolute atomic E-state index is 4.55. The monoisotopic (exact) mass is 357 g/mol. The summed E-state index contributed by atoms with van der Waals surface area (Å²) >= 11 is 0. The molecule has 0 N–H and O–H groups in total. The van der Waals surface area contributed by atoms with Crippen LogP contribution in [0.4, 0.5) is 0 Å². The lowest BCUT2D eigenvalue weighted by atomic mass is 10.2. The van der Waals surface area contributed by atoms with Gasteiger partial charge in [-0.15, -0.1) is 0 Å². The Balaban J connectivity index is 1.89. The second-order valence-corrected chi connectivity index (χ2v) is 5.86. The Labute approximate surface area is 155 Å². The van der Waals surface area contributed by atoms with E-state index in [1.54, 1.807) is 37.2 Å². The standard InChI is InChI=1S/C18H15N9/c1-10-19-4-13(5-20-10)16-25-17(14-6-21-11(2)22-7-14)27-18(26-16)15-8-23-12(3)24-9-15/h4-9H,1-3H3. The minimum Gasteiger partial charge on any atom is -0.241 e. The number of nitrogens with zero attached hydrogens (tertiary/aromatic N) is 9. The molecule has 0 unspecified atom stereocenters. The van der Waals surface area contributed by atoms with Crippen LogP contribution in [0.3, 0.4) is 0 Å². The van der Waals surface area contributed by atoms with Gasteiger partial charge < -0.3 is 0 Å².